The Morgan fingerprint density at radius 2 is 1.70 bits per heavy atom. The summed E-state index contributed by atoms with van der Waals surface area (Å²) in [6.45, 7) is 12.1. The van der Waals surface area contributed by atoms with Crippen molar-refractivity contribution in [2.75, 3.05) is 13.1 Å². The minimum absolute atomic E-state index is 0.417. The zero-order chi connectivity index (χ0) is 14.8. The lowest BCUT2D eigenvalue weighted by Crippen LogP contribution is -2.55. The summed E-state index contributed by atoms with van der Waals surface area (Å²) in [5, 5.41) is 0. The highest BCUT2D eigenvalue weighted by Gasteiger charge is 2.38. The maximum Gasteiger partial charge on any atom is 0.0249 e. The Hall–Kier alpha value is -0.0800. The Labute approximate surface area is 126 Å². The van der Waals surface area contributed by atoms with Crippen molar-refractivity contribution in [1.29, 1.82) is 0 Å². The van der Waals surface area contributed by atoms with Crippen molar-refractivity contribution in [1.82, 2.24) is 4.90 Å². The van der Waals surface area contributed by atoms with Gasteiger partial charge in [-0.25, -0.2) is 0 Å². The first kappa shape index (κ1) is 16.3. The van der Waals surface area contributed by atoms with Gasteiger partial charge in [-0.3, -0.25) is 4.90 Å². The monoisotopic (exact) mass is 280 g/mol. The molecule has 0 aromatic rings. The Balaban J connectivity index is 1.94. The van der Waals surface area contributed by atoms with E-state index in [0.29, 0.717) is 17.5 Å². The van der Waals surface area contributed by atoms with Crippen molar-refractivity contribution in [3.8, 4) is 0 Å². The molecule has 3 atom stereocenters. The third kappa shape index (κ3) is 3.39. The van der Waals surface area contributed by atoms with Gasteiger partial charge in [0.2, 0.25) is 0 Å². The molecule has 2 heteroatoms. The van der Waals surface area contributed by atoms with E-state index in [0.717, 1.165) is 11.8 Å². The Morgan fingerprint density at radius 3 is 2.20 bits per heavy atom. The van der Waals surface area contributed by atoms with Gasteiger partial charge in [0.1, 0.15) is 0 Å². The standard InChI is InChI=1S/C18H36N2/c1-5-18(6-2)9-11-20(12-10-18)17-13-15(14(3)4)7-8-16(17)19/h14-17H,5-13,19H2,1-4H3. The summed E-state index contributed by atoms with van der Waals surface area (Å²) >= 11 is 0. The number of piperidine rings is 1. The van der Waals surface area contributed by atoms with E-state index in [1.807, 2.05) is 0 Å². The molecule has 3 unspecified atom stereocenters. The van der Waals surface area contributed by atoms with Crippen LogP contribution in [0.25, 0.3) is 0 Å². The number of likely N-dealkylation sites (tertiary alicyclic amines) is 1. The molecule has 1 aliphatic heterocycles. The summed E-state index contributed by atoms with van der Waals surface area (Å²) < 4.78 is 0. The van der Waals surface area contributed by atoms with E-state index < -0.39 is 0 Å². The Bertz CT molecular complexity index is 286. The van der Waals surface area contributed by atoms with Crippen LogP contribution < -0.4 is 5.73 Å². The second-order valence-corrected chi connectivity index (χ2v) is 7.79. The highest BCUT2D eigenvalue weighted by atomic mass is 15.2. The molecular weight excluding hydrogens is 244 g/mol. The van der Waals surface area contributed by atoms with Crippen molar-refractivity contribution in [2.45, 2.75) is 84.7 Å². The molecule has 1 heterocycles. The average Bonchev–Trinajstić information content (AvgIpc) is 2.48. The zero-order valence-corrected chi connectivity index (χ0v) is 14.2. The summed E-state index contributed by atoms with van der Waals surface area (Å²) in [5.74, 6) is 1.71. The van der Waals surface area contributed by atoms with Crippen molar-refractivity contribution in [2.24, 2.45) is 23.0 Å². The predicted octanol–water partition coefficient (Wildman–Crippen LogP) is 4.04. The van der Waals surface area contributed by atoms with Crippen LogP contribution in [-0.2, 0) is 0 Å². The molecule has 2 rings (SSSR count). The Kier molecular flexibility index (Phi) is 5.53. The molecule has 1 aliphatic carbocycles. The van der Waals surface area contributed by atoms with Crippen molar-refractivity contribution in [3.05, 3.63) is 0 Å². The van der Waals surface area contributed by atoms with E-state index >= 15 is 0 Å². The second-order valence-electron chi connectivity index (χ2n) is 7.79. The quantitative estimate of drug-likeness (QED) is 0.842. The summed E-state index contributed by atoms with van der Waals surface area (Å²) in [4.78, 5) is 2.74. The zero-order valence-electron chi connectivity index (χ0n) is 14.2. The number of hydrogen-bond acceptors (Lipinski definition) is 2. The molecule has 2 fully saturated rings. The number of nitrogens with two attached hydrogens (primary N) is 1. The van der Waals surface area contributed by atoms with Gasteiger partial charge in [0.15, 0.2) is 0 Å². The van der Waals surface area contributed by atoms with Gasteiger partial charge in [-0.05, 0) is 62.4 Å². The topological polar surface area (TPSA) is 29.3 Å². The van der Waals surface area contributed by atoms with Crippen LogP contribution in [0, 0.1) is 17.3 Å². The van der Waals surface area contributed by atoms with Gasteiger partial charge in [0.25, 0.3) is 0 Å². The molecule has 2 nitrogen and oxygen atoms in total. The molecule has 0 aromatic carbocycles. The second kappa shape index (κ2) is 6.79. The van der Waals surface area contributed by atoms with Crippen LogP contribution in [0.1, 0.15) is 72.6 Å². The van der Waals surface area contributed by atoms with Gasteiger partial charge in [0, 0.05) is 12.1 Å². The van der Waals surface area contributed by atoms with Crippen molar-refractivity contribution < 1.29 is 0 Å². The van der Waals surface area contributed by atoms with Crippen LogP contribution in [0.2, 0.25) is 0 Å². The summed E-state index contributed by atoms with van der Waals surface area (Å²) in [5.41, 5.74) is 7.09. The van der Waals surface area contributed by atoms with E-state index in [9.17, 15) is 0 Å². The maximum absolute atomic E-state index is 6.46. The number of rotatable bonds is 4. The first-order chi connectivity index (χ1) is 9.51. The SMILES string of the molecule is CCC1(CC)CCN(C2CC(C(C)C)CCC2N)CC1. The van der Waals surface area contributed by atoms with E-state index in [1.54, 1.807) is 0 Å². The first-order valence-corrected chi connectivity index (χ1v) is 9.01. The average molecular weight is 281 g/mol. The normalized spacial score (nSPS) is 35.4. The molecule has 0 radical (unpaired) electrons. The predicted molar refractivity (Wildman–Crippen MR) is 87.8 cm³/mol. The van der Waals surface area contributed by atoms with E-state index in [1.165, 1.54) is 58.0 Å². The van der Waals surface area contributed by atoms with Gasteiger partial charge in [-0.1, -0.05) is 40.5 Å². The van der Waals surface area contributed by atoms with Crippen LogP contribution >= 0.6 is 0 Å². The number of nitrogens with zero attached hydrogens (tertiary/aromatic N) is 1. The fraction of sp³-hybridized carbons (Fsp3) is 1.00. The minimum atomic E-state index is 0.417. The van der Waals surface area contributed by atoms with Gasteiger partial charge in [0.05, 0.1) is 0 Å². The third-order valence-electron chi connectivity index (χ3n) is 6.68. The highest BCUT2D eigenvalue weighted by molar-refractivity contribution is 4.94. The number of hydrogen-bond donors (Lipinski definition) is 1. The van der Waals surface area contributed by atoms with Crippen LogP contribution in [-0.4, -0.2) is 30.1 Å². The Morgan fingerprint density at radius 1 is 1.10 bits per heavy atom. The molecule has 20 heavy (non-hydrogen) atoms. The fourth-order valence-electron chi connectivity index (χ4n) is 4.51. The molecule has 2 aliphatic rings. The fourth-order valence-corrected chi connectivity index (χ4v) is 4.51. The van der Waals surface area contributed by atoms with Crippen molar-refractivity contribution in [3.63, 3.8) is 0 Å². The van der Waals surface area contributed by atoms with Crippen LogP contribution in [0.15, 0.2) is 0 Å². The molecule has 1 saturated carbocycles. The van der Waals surface area contributed by atoms with E-state index in [-0.39, 0.29) is 0 Å². The molecule has 118 valence electrons. The first-order valence-electron chi connectivity index (χ1n) is 9.01. The highest BCUT2D eigenvalue weighted by Crippen LogP contribution is 2.40. The van der Waals surface area contributed by atoms with Gasteiger partial charge >= 0.3 is 0 Å². The third-order valence-corrected chi connectivity index (χ3v) is 6.68. The molecule has 1 saturated heterocycles. The molecular formula is C18H36N2. The summed E-state index contributed by atoms with van der Waals surface area (Å²) in [6.07, 6.45) is 9.38. The lowest BCUT2D eigenvalue weighted by molar-refractivity contribution is 0.0302. The molecule has 0 bridgehead atoms. The van der Waals surface area contributed by atoms with Crippen molar-refractivity contribution >= 4 is 0 Å². The molecule has 2 N–H and O–H groups in total. The summed E-state index contributed by atoms with van der Waals surface area (Å²) in [7, 11) is 0. The largest absolute Gasteiger partial charge is 0.326 e. The van der Waals surface area contributed by atoms with Gasteiger partial charge in [-0.15, -0.1) is 0 Å². The molecule has 0 spiro atoms. The molecule has 0 aromatic heterocycles. The summed E-state index contributed by atoms with van der Waals surface area (Å²) in [6, 6.07) is 1.07. The maximum atomic E-state index is 6.46. The van der Waals surface area contributed by atoms with Gasteiger partial charge < -0.3 is 5.73 Å². The van der Waals surface area contributed by atoms with Crippen LogP contribution in [0.3, 0.4) is 0 Å². The van der Waals surface area contributed by atoms with E-state index in [2.05, 4.69) is 32.6 Å². The smallest absolute Gasteiger partial charge is 0.0249 e. The lowest BCUT2D eigenvalue weighted by atomic mass is 9.72. The minimum Gasteiger partial charge on any atom is -0.326 e. The van der Waals surface area contributed by atoms with Crippen LogP contribution in [0.4, 0.5) is 0 Å². The lowest BCUT2D eigenvalue weighted by Gasteiger charge is -2.48. The van der Waals surface area contributed by atoms with E-state index in [4.69, 9.17) is 5.73 Å². The van der Waals surface area contributed by atoms with Gasteiger partial charge in [-0.2, -0.15) is 0 Å². The van der Waals surface area contributed by atoms with Crippen LogP contribution in [0.5, 0.6) is 0 Å². The molecule has 0 amide bonds.